The monoisotopic (exact) mass is 637 g/mol. The number of rotatable bonds is 9. The second-order valence-corrected chi connectivity index (χ2v) is 8.59. The van der Waals surface area contributed by atoms with Crippen molar-refractivity contribution < 1.29 is 38.6 Å². The third-order valence-corrected chi connectivity index (χ3v) is 5.20. The van der Waals surface area contributed by atoms with Crippen LogP contribution in [0.15, 0.2) is 34.7 Å². The van der Waals surface area contributed by atoms with Gasteiger partial charge in [0.05, 0.1) is 24.8 Å². The van der Waals surface area contributed by atoms with Crippen molar-refractivity contribution in [1.82, 2.24) is 29.5 Å². The predicted molar refractivity (Wildman–Crippen MR) is 140 cm³/mol. The molecule has 0 radical (unpaired) electrons. The normalized spacial score (nSPS) is 12.5. The fourth-order valence-corrected chi connectivity index (χ4v) is 2.79. The number of halogens is 2. The molecule has 0 aliphatic carbocycles. The van der Waals surface area contributed by atoms with Crippen LogP contribution < -0.4 is 45.3 Å². The van der Waals surface area contributed by atoms with Gasteiger partial charge in [-0.15, -0.1) is 0 Å². The molecule has 23 heteroatoms. The highest BCUT2D eigenvalue weighted by Crippen LogP contribution is 2.03. The van der Waals surface area contributed by atoms with E-state index in [2.05, 4.69) is 14.8 Å². The van der Waals surface area contributed by atoms with Gasteiger partial charge in [0.25, 0.3) is 16.7 Å². The number of H-pyrrole nitrogens is 3. The third kappa shape index (κ3) is 11.0. The van der Waals surface area contributed by atoms with Crippen molar-refractivity contribution in [2.24, 2.45) is 17.2 Å². The maximum atomic E-state index is 12.7. The lowest BCUT2D eigenvalue weighted by Crippen LogP contribution is -2.41. The Morgan fingerprint density at radius 2 is 1.42 bits per heavy atom. The van der Waals surface area contributed by atoms with Crippen LogP contribution in [0.25, 0.3) is 0 Å². The molecule has 0 aromatic carbocycles. The van der Waals surface area contributed by atoms with Gasteiger partial charge in [0.1, 0.15) is 23.9 Å². The van der Waals surface area contributed by atoms with Gasteiger partial charge in [-0.25, -0.2) is 14.3 Å². The van der Waals surface area contributed by atoms with E-state index in [1.54, 1.807) is 11.9 Å². The van der Waals surface area contributed by atoms with E-state index in [1.807, 2.05) is 4.98 Å². The van der Waals surface area contributed by atoms with E-state index in [0.29, 0.717) is 21.2 Å². The first kappa shape index (κ1) is 35.8. The van der Waals surface area contributed by atoms with Crippen molar-refractivity contribution in [3.05, 3.63) is 80.5 Å². The molecular weight excluding hydrogens is 613 g/mol. The minimum atomic E-state index is -1.34. The smallest absolute Gasteiger partial charge is 0.344 e. The number of aromatic amines is 3. The van der Waals surface area contributed by atoms with E-state index in [-0.39, 0.29) is 18.5 Å². The molecule has 12 N–H and O–H groups in total. The molecule has 0 spiro atoms. The standard InChI is InChI=1S/C7H8FN3O4.C7H10N2O4.C6H7ClN4O4/c8-3-1-11(2-4(9)6(13)14)7(15)10-5(3)12;1-3-4(6(10)9-13-3)2-5(8)7(11)12;7-3-4(12)9-6(15)11(10-3)1-2(8)5(13)14/h1,4H,2,9H2,(H,13,14)(H,10,12,15);5H,2,8H2,1H3,(H,9,10)(H,11,12);2H,1,8H2,(H,13,14)(H,9,12,15)/t4-;5-;2-/m000/s1. The maximum absolute atomic E-state index is 12.7. The number of aromatic nitrogens is 6. The van der Waals surface area contributed by atoms with Crippen molar-refractivity contribution in [2.75, 3.05) is 0 Å². The zero-order chi connectivity index (χ0) is 33.2. The largest absolute Gasteiger partial charge is 0.480 e. The average Bonchev–Trinajstić information content (AvgIpc) is 3.22. The van der Waals surface area contributed by atoms with Gasteiger partial charge in [-0.05, 0) is 6.92 Å². The Morgan fingerprint density at radius 1 is 0.907 bits per heavy atom. The van der Waals surface area contributed by atoms with Crippen LogP contribution in [0.3, 0.4) is 0 Å². The number of hydrogen-bond acceptors (Lipinski definition) is 13. The molecule has 0 saturated heterocycles. The molecule has 236 valence electrons. The van der Waals surface area contributed by atoms with Gasteiger partial charge in [-0.3, -0.25) is 43.3 Å². The van der Waals surface area contributed by atoms with Crippen molar-refractivity contribution in [1.29, 1.82) is 0 Å². The maximum Gasteiger partial charge on any atom is 0.344 e. The van der Waals surface area contributed by atoms with Gasteiger partial charge < -0.3 is 37.0 Å². The van der Waals surface area contributed by atoms with Crippen molar-refractivity contribution >= 4 is 29.5 Å². The highest BCUT2D eigenvalue weighted by Gasteiger charge is 2.18. The first-order chi connectivity index (χ1) is 19.8. The Labute approximate surface area is 240 Å². The van der Waals surface area contributed by atoms with Gasteiger partial charge in [-0.1, -0.05) is 11.6 Å². The minimum absolute atomic E-state index is 0.0208. The molecule has 3 aromatic heterocycles. The lowest BCUT2D eigenvalue weighted by molar-refractivity contribution is -0.139. The fourth-order valence-electron chi connectivity index (χ4n) is 2.66. The van der Waals surface area contributed by atoms with E-state index in [9.17, 15) is 42.7 Å². The number of carbonyl (C=O) groups is 3. The zero-order valence-electron chi connectivity index (χ0n) is 21.8. The van der Waals surface area contributed by atoms with Crippen LogP contribution in [0.4, 0.5) is 4.39 Å². The van der Waals surface area contributed by atoms with Gasteiger partial charge in [0.15, 0.2) is 0 Å². The van der Waals surface area contributed by atoms with Crippen LogP contribution in [0.2, 0.25) is 5.15 Å². The number of carboxylic acid groups (broad SMARTS) is 3. The molecule has 0 amide bonds. The average molecular weight is 638 g/mol. The fraction of sp³-hybridized carbons (Fsp3) is 0.350. The molecule has 0 aliphatic rings. The SMILES string of the molecule is Cc1o[nH]c(=O)c1C[C@H](N)C(=O)O.N[C@@H](Cn1cc(F)c(=O)[nH]c1=O)C(=O)O.N[C@@H](Cn1nc(Cl)c(=O)[nH]c1=O)C(=O)O. The molecule has 0 unspecified atom stereocenters. The van der Waals surface area contributed by atoms with E-state index in [4.69, 9.17) is 44.1 Å². The van der Waals surface area contributed by atoms with Crippen LogP contribution in [0, 0.1) is 12.7 Å². The van der Waals surface area contributed by atoms with Gasteiger partial charge >= 0.3 is 29.3 Å². The Hall–Kier alpha value is -5.19. The first-order valence-electron chi connectivity index (χ1n) is 11.3. The Kier molecular flexibility index (Phi) is 13.1. The molecule has 3 heterocycles. The Bertz CT molecular complexity index is 1660. The quantitative estimate of drug-likeness (QED) is 0.106. The number of hydrogen-bond donors (Lipinski definition) is 9. The van der Waals surface area contributed by atoms with E-state index in [0.717, 1.165) is 0 Å². The molecule has 3 rings (SSSR count). The lowest BCUT2D eigenvalue weighted by atomic mass is 10.1. The highest BCUT2D eigenvalue weighted by molar-refractivity contribution is 6.29. The molecule has 3 atom stereocenters. The summed E-state index contributed by atoms with van der Waals surface area (Å²) in [6.07, 6.45) is 0.594. The number of carboxylic acids is 3. The zero-order valence-corrected chi connectivity index (χ0v) is 22.5. The molecule has 3 aromatic rings. The number of aryl methyl sites for hydroxylation is 1. The summed E-state index contributed by atoms with van der Waals surface area (Å²) in [5, 5.41) is 30.5. The second kappa shape index (κ2) is 15.7. The van der Waals surface area contributed by atoms with E-state index in [1.165, 1.54) is 0 Å². The van der Waals surface area contributed by atoms with Crippen LogP contribution in [-0.4, -0.2) is 80.8 Å². The number of aliphatic carboxylic acids is 3. The van der Waals surface area contributed by atoms with E-state index < -0.39 is 81.6 Å². The summed E-state index contributed by atoms with van der Waals surface area (Å²) >= 11 is 5.35. The summed E-state index contributed by atoms with van der Waals surface area (Å²) < 4.78 is 18.8. The van der Waals surface area contributed by atoms with E-state index >= 15 is 0 Å². The van der Waals surface area contributed by atoms with Gasteiger partial charge in [0.2, 0.25) is 11.0 Å². The number of nitrogens with two attached hydrogens (primary N) is 3. The molecule has 43 heavy (non-hydrogen) atoms. The molecule has 0 saturated carbocycles. The van der Waals surface area contributed by atoms with Crippen LogP contribution in [0.1, 0.15) is 11.3 Å². The summed E-state index contributed by atoms with van der Waals surface area (Å²) in [5.74, 6) is -4.55. The van der Waals surface area contributed by atoms with Gasteiger partial charge in [-0.2, -0.15) is 14.6 Å². The highest BCUT2D eigenvalue weighted by atomic mass is 35.5. The first-order valence-corrected chi connectivity index (χ1v) is 11.7. The summed E-state index contributed by atoms with van der Waals surface area (Å²) in [6.45, 7) is 0.786. The van der Waals surface area contributed by atoms with Crippen molar-refractivity contribution in [2.45, 2.75) is 44.6 Å². The topological polar surface area (TPSA) is 359 Å². The van der Waals surface area contributed by atoms with Crippen LogP contribution in [-0.2, 0) is 33.9 Å². The Balaban J connectivity index is 0.000000324. The second-order valence-electron chi connectivity index (χ2n) is 8.23. The third-order valence-electron chi connectivity index (χ3n) is 4.95. The van der Waals surface area contributed by atoms with Crippen molar-refractivity contribution in [3.63, 3.8) is 0 Å². The molecule has 0 fully saturated rings. The van der Waals surface area contributed by atoms with Crippen LogP contribution in [0.5, 0.6) is 0 Å². The van der Waals surface area contributed by atoms with Crippen molar-refractivity contribution in [3.8, 4) is 0 Å². The minimum Gasteiger partial charge on any atom is -0.480 e. The lowest BCUT2D eigenvalue weighted by Gasteiger charge is -2.08. The summed E-state index contributed by atoms with van der Waals surface area (Å²) in [6, 6.07) is -3.71. The predicted octanol–water partition coefficient (Wildman–Crippen LogP) is -4.68. The van der Waals surface area contributed by atoms with Crippen LogP contribution >= 0.6 is 11.6 Å². The van der Waals surface area contributed by atoms with Gasteiger partial charge in [0, 0.05) is 6.42 Å². The number of nitrogens with zero attached hydrogens (tertiary/aromatic N) is 3. The summed E-state index contributed by atoms with van der Waals surface area (Å²) in [4.78, 5) is 89.2. The molecule has 0 aliphatic heterocycles. The number of nitrogens with one attached hydrogen (secondary N) is 3. The summed E-state index contributed by atoms with van der Waals surface area (Å²) in [5.41, 5.74) is 11.7. The molecule has 21 nitrogen and oxygen atoms in total. The Morgan fingerprint density at radius 3 is 1.91 bits per heavy atom. The summed E-state index contributed by atoms with van der Waals surface area (Å²) in [7, 11) is 0. The molecular formula is C20H25ClFN9O12. The molecule has 0 bridgehead atoms.